The molecule has 6 nitrogen and oxygen atoms in total. The third kappa shape index (κ3) is 4.12. The van der Waals surface area contributed by atoms with Crippen molar-refractivity contribution < 1.29 is 14.6 Å². The van der Waals surface area contributed by atoms with Crippen molar-refractivity contribution >= 4 is 32.9 Å². The van der Waals surface area contributed by atoms with E-state index in [1.807, 2.05) is 48.5 Å². The van der Waals surface area contributed by atoms with Gasteiger partial charge in [0.15, 0.2) is 0 Å². The third-order valence-corrected chi connectivity index (χ3v) is 5.94. The highest BCUT2D eigenvalue weighted by Gasteiger charge is 2.39. The van der Waals surface area contributed by atoms with Gasteiger partial charge in [-0.05, 0) is 48.2 Å². The van der Waals surface area contributed by atoms with E-state index in [9.17, 15) is 9.90 Å². The first kappa shape index (κ1) is 22.0. The number of nitrogens with zero attached hydrogens (tertiary/aromatic N) is 3. The SMILES string of the molecule is CC(C)(C)c1ccc(C(C)(Oc2ccc(Br)cc2-n2nc3ccccc3n2)C(=O)O)cc1. The van der Waals surface area contributed by atoms with Gasteiger partial charge < -0.3 is 9.84 Å². The van der Waals surface area contributed by atoms with Crippen LogP contribution >= 0.6 is 15.9 Å². The number of hydrogen-bond acceptors (Lipinski definition) is 4. The molecule has 0 aliphatic rings. The molecule has 1 aromatic heterocycles. The second-order valence-electron chi connectivity index (χ2n) is 8.86. The van der Waals surface area contributed by atoms with Crippen LogP contribution < -0.4 is 4.74 Å². The van der Waals surface area contributed by atoms with E-state index in [0.717, 1.165) is 21.1 Å². The summed E-state index contributed by atoms with van der Waals surface area (Å²) in [7, 11) is 0. The zero-order chi connectivity index (χ0) is 23.1. The summed E-state index contributed by atoms with van der Waals surface area (Å²) in [6.07, 6.45) is 0. The van der Waals surface area contributed by atoms with E-state index in [1.54, 1.807) is 25.1 Å². The van der Waals surface area contributed by atoms with Crippen molar-refractivity contribution in [3.8, 4) is 11.4 Å². The molecule has 0 saturated heterocycles. The zero-order valence-corrected chi connectivity index (χ0v) is 19.9. The van der Waals surface area contributed by atoms with Crippen LogP contribution in [0.1, 0.15) is 38.8 Å². The van der Waals surface area contributed by atoms with Crippen LogP contribution in [0.25, 0.3) is 16.7 Å². The highest BCUT2D eigenvalue weighted by molar-refractivity contribution is 9.10. The molecule has 4 aromatic rings. The van der Waals surface area contributed by atoms with Gasteiger partial charge in [0.2, 0.25) is 5.60 Å². The second kappa shape index (κ2) is 8.06. The number of carboxylic acid groups (broad SMARTS) is 1. The van der Waals surface area contributed by atoms with Crippen molar-refractivity contribution in [1.29, 1.82) is 0 Å². The number of aliphatic carboxylic acids is 1. The van der Waals surface area contributed by atoms with Gasteiger partial charge in [-0.3, -0.25) is 0 Å². The van der Waals surface area contributed by atoms with E-state index in [1.165, 1.54) is 4.80 Å². The molecule has 4 rings (SSSR count). The summed E-state index contributed by atoms with van der Waals surface area (Å²) in [5.41, 5.74) is 2.02. The van der Waals surface area contributed by atoms with Gasteiger partial charge >= 0.3 is 5.97 Å². The first-order valence-corrected chi connectivity index (χ1v) is 11.0. The van der Waals surface area contributed by atoms with Crippen LogP contribution in [-0.4, -0.2) is 26.1 Å². The maximum atomic E-state index is 12.4. The molecule has 1 heterocycles. The molecule has 0 aliphatic heterocycles. The van der Waals surface area contributed by atoms with E-state index < -0.39 is 11.6 Å². The fourth-order valence-electron chi connectivity index (χ4n) is 3.43. The Morgan fingerprint density at radius 1 is 0.906 bits per heavy atom. The van der Waals surface area contributed by atoms with Crippen molar-refractivity contribution in [2.24, 2.45) is 0 Å². The standard InChI is InChI=1S/C25H24BrN3O3/c1-24(2,3)16-9-11-17(12-10-16)25(4,23(30)31)32-22-14-13-18(26)15-21(22)29-27-19-7-5-6-8-20(19)28-29/h5-15H,1-4H3,(H,30,31). The fourth-order valence-corrected chi connectivity index (χ4v) is 3.78. The molecule has 3 aromatic carbocycles. The minimum Gasteiger partial charge on any atom is -0.478 e. The maximum Gasteiger partial charge on any atom is 0.352 e. The van der Waals surface area contributed by atoms with Crippen LogP contribution in [-0.2, 0) is 15.8 Å². The maximum absolute atomic E-state index is 12.4. The molecule has 1 unspecified atom stereocenters. The summed E-state index contributed by atoms with van der Waals surface area (Å²) in [6.45, 7) is 7.90. The molecule has 1 atom stereocenters. The summed E-state index contributed by atoms with van der Waals surface area (Å²) in [5.74, 6) is -0.730. The summed E-state index contributed by atoms with van der Waals surface area (Å²) in [5, 5.41) is 19.2. The van der Waals surface area contributed by atoms with Crippen molar-refractivity contribution in [2.75, 3.05) is 0 Å². The second-order valence-corrected chi connectivity index (χ2v) is 9.77. The lowest BCUT2D eigenvalue weighted by Crippen LogP contribution is -2.39. The Balaban J connectivity index is 1.78. The molecular formula is C25H24BrN3O3. The van der Waals surface area contributed by atoms with Crippen LogP contribution in [0.3, 0.4) is 0 Å². The van der Waals surface area contributed by atoms with Gasteiger partial charge in [0.05, 0.1) is 0 Å². The van der Waals surface area contributed by atoms with Gasteiger partial charge in [-0.2, -0.15) is 0 Å². The Hall–Kier alpha value is -3.19. The molecule has 0 radical (unpaired) electrons. The number of carboxylic acids is 1. The number of aromatic nitrogens is 3. The highest BCUT2D eigenvalue weighted by Crippen LogP contribution is 2.35. The highest BCUT2D eigenvalue weighted by atomic mass is 79.9. The van der Waals surface area contributed by atoms with Gasteiger partial charge in [0, 0.05) is 10.0 Å². The zero-order valence-electron chi connectivity index (χ0n) is 18.3. The number of ether oxygens (including phenoxy) is 1. The van der Waals surface area contributed by atoms with Crippen LogP contribution in [0.15, 0.2) is 71.2 Å². The minimum absolute atomic E-state index is 0.0361. The van der Waals surface area contributed by atoms with Crippen LogP contribution in [0.5, 0.6) is 5.75 Å². The third-order valence-electron chi connectivity index (χ3n) is 5.45. The molecule has 0 fully saturated rings. The Bertz CT molecular complexity index is 1260. The predicted octanol–water partition coefficient (Wildman–Crippen LogP) is 5.86. The molecule has 1 N–H and O–H groups in total. The normalized spacial score (nSPS) is 13.7. The lowest BCUT2D eigenvalue weighted by molar-refractivity contribution is -0.154. The van der Waals surface area contributed by atoms with Crippen LogP contribution in [0.2, 0.25) is 0 Å². The largest absolute Gasteiger partial charge is 0.478 e. The Morgan fingerprint density at radius 2 is 1.47 bits per heavy atom. The number of benzene rings is 3. The van der Waals surface area contributed by atoms with Crippen molar-refractivity contribution in [1.82, 2.24) is 15.0 Å². The van der Waals surface area contributed by atoms with E-state index in [2.05, 4.69) is 46.9 Å². The van der Waals surface area contributed by atoms with E-state index >= 15 is 0 Å². The molecule has 0 amide bonds. The summed E-state index contributed by atoms with van der Waals surface area (Å²) < 4.78 is 6.99. The van der Waals surface area contributed by atoms with Gasteiger partial charge in [-0.1, -0.05) is 73.1 Å². The quantitative estimate of drug-likeness (QED) is 0.376. The molecule has 32 heavy (non-hydrogen) atoms. The average Bonchev–Trinajstić information content (AvgIpc) is 3.18. The Kier molecular flexibility index (Phi) is 5.54. The summed E-state index contributed by atoms with van der Waals surface area (Å²) >= 11 is 3.48. The molecule has 0 aliphatic carbocycles. The van der Waals surface area contributed by atoms with Gasteiger partial charge in [-0.25, -0.2) is 4.79 Å². The number of rotatable bonds is 5. The minimum atomic E-state index is -1.61. The molecule has 7 heteroatoms. The van der Waals surface area contributed by atoms with Gasteiger partial charge in [-0.15, -0.1) is 15.0 Å². The first-order chi connectivity index (χ1) is 15.1. The number of hydrogen-bond donors (Lipinski definition) is 1. The van der Waals surface area contributed by atoms with Crippen molar-refractivity contribution in [2.45, 2.75) is 38.7 Å². The Labute approximate surface area is 195 Å². The topological polar surface area (TPSA) is 77.2 Å². The smallest absolute Gasteiger partial charge is 0.352 e. The van der Waals surface area contributed by atoms with Crippen molar-refractivity contribution in [3.05, 3.63) is 82.3 Å². The lowest BCUT2D eigenvalue weighted by atomic mass is 9.85. The number of carbonyl (C=O) groups is 1. The summed E-state index contributed by atoms with van der Waals surface area (Å²) in [4.78, 5) is 13.9. The molecular weight excluding hydrogens is 470 g/mol. The van der Waals surface area contributed by atoms with Crippen LogP contribution in [0.4, 0.5) is 0 Å². The van der Waals surface area contributed by atoms with E-state index in [4.69, 9.17) is 4.74 Å². The number of halogens is 1. The number of fused-ring (bicyclic) bond motifs is 1. The fraction of sp³-hybridized carbons (Fsp3) is 0.240. The summed E-state index contributed by atoms with van der Waals surface area (Å²) in [6, 6.07) is 20.4. The molecule has 0 bridgehead atoms. The molecule has 0 saturated carbocycles. The van der Waals surface area contributed by atoms with Gasteiger partial charge in [0.25, 0.3) is 0 Å². The van der Waals surface area contributed by atoms with Crippen molar-refractivity contribution in [3.63, 3.8) is 0 Å². The van der Waals surface area contributed by atoms with Crippen LogP contribution in [0, 0.1) is 0 Å². The predicted molar refractivity (Wildman–Crippen MR) is 127 cm³/mol. The van der Waals surface area contributed by atoms with E-state index in [0.29, 0.717) is 17.0 Å². The molecule has 164 valence electrons. The average molecular weight is 494 g/mol. The molecule has 0 spiro atoms. The lowest BCUT2D eigenvalue weighted by Gasteiger charge is -2.29. The van der Waals surface area contributed by atoms with E-state index in [-0.39, 0.29) is 5.41 Å². The Morgan fingerprint density at radius 3 is 2.00 bits per heavy atom. The monoisotopic (exact) mass is 493 g/mol. The first-order valence-electron chi connectivity index (χ1n) is 10.2. The van der Waals surface area contributed by atoms with Gasteiger partial charge in [0.1, 0.15) is 22.5 Å².